The van der Waals surface area contributed by atoms with Gasteiger partial charge in [-0.15, -0.1) is 0 Å². The van der Waals surface area contributed by atoms with Crippen LogP contribution in [0.3, 0.4) is 0 Å². The van der Waals surface area contributed by atoms with Crippen LogP contribution in [0.25, 0.3) is 0 Å². The van der Waals surface area contributed by atoms with E-state index in [0.29, 0.717) is 19.1 Å². The SMILES string of the molecule is O=S(=O)(CC1CCCCN1)N1CCC(N2CCOCC2)C1. The Balaban J connectivity index is 1.53. The van der Waals surface area contributed by atoms with Gasteiger partial charge in [0.2, 0.25) is 10.0 Å². The number of hydrogen-bond acceptors (Lipinski definition) is 5. The van der Waals surface area contributed by atoms with Crippen molar-refractivity contribution >= 4 is 10.0 Å². The average Bonchev–Trinajstić information content (AvgIpc) is 2.99. The van der Waals surface area contributed by atoms with Crippen molar-refractivity contribution in [2.24, 2.45) is 0 Å². The molecule has 3 heterocycles. The summed E-state index contributed by atoms with van der Waals surface area (Å²) in [4.78, 5) is 2.39. The second-order valence-electron chi connectivity index (χ2n) is 6.37. The molecule has 0 spiro atoms. The van der Waals surface area contributed by atoms with Crippen LogP contribution < -0.4 is 5.32 Å². The van der Waals surface area contributed by atoms with Gasteiger partial charge >= 0.3 is 0 Å². The molecule has 0 amide bonds. The van der Waals surface area contributed by atoms with E-state index in [1.165, 1.54) is 6.42 Å². The minimum atomic E-state index is -3.12. The number of morpholine rings is 1. The standard InChI is InChI=1S/C14H27N3O3S/c18-21(19,12-13-3-1-2-5-15-13)17-6-4-14(11-17)16-7-9-20-10-8-16/h13-15H,1-12H2. The van der Waals surface area contributed by atoms with E-state index in [4.69, 9.17) is 4.74 Å². The number of sulfonamides is 1. The summed E-state index contributed by atoms with van der Waals surface area (Å²) >= 11 is 0. The second-order valence-corrected chi connectivity index (χ2v) is 8.39. The van der Waals surface area contributed by atoms with E-state index in [0.717, 1.165) is 52.1 Å². The first-order valence-corrected chi connectivity index (χ1v) is 9.79. The third kappa shape index (κ3) is 3.96. The van der Waals surface area contributed by atoms with Crippen molar-refractivity contribution in [3.05, 3.63) is 0 Å². The summed E-state index contributed by atoms with van der Waals surface area (Å²) in [6, 6.07) is 0.522. The summed E-state index contributed by atoms with van der Waals surface area (Å²) in [5.74, 6) is 0.267. The van der Waals surface area contributed by atoms with Gasteiger partial charge in [-0.2, -0.15) is 0 Å². The number of nitrogens with zero attached hydrogens (tertiary/aromatic N) is 2. The average molecular weight is 317 g/mol. The first kappa shape index (κ1) is 15.7. The zero-order valence-corrected chi connectivity index (χ0v) is 13.5. The smallest absolute Gasteiger partial charge is 0.215 e. The Morgan fingerprint density at radius 1 is 1.10 bits per heavy atom. The fraction of sp³-hybridized carbons (Fsp3) is 1.00. The Morgan fingerprint density at radius 3 is 2.62 bits per heavy atom. The van der Waals surface area contributed by atoms with E-state index >= 15 is 0 Å². The van der Waals surface area contributed by atoms with Crippen LogP contribution in [-0.2, 0) is 14.8 Å². The quantitative estimate of drug-likeness (QED) is 0.782. The van der Waals surface area contributed by atoms with E-state index in [-0.39, 0.29) is 11.8 Å². The summed E-state index contributed by atoms with van der Waals surface area (Å²) in [7, 11) is -3.12. The highest BCUT2D eigenvalue weighted by atomic mass is 32.2. The maximum absolute atomic E-state index is 12.6. The predicted octanol–water partition coefficient (Wildman–Crippen LogP) is -0.135. The highest BCUT2D eigenvalue weighted by Gasteiger charge is 2.35. The molecule has 3 saturated heterocycles. The highest BCUT2D eigenvalue weighted by molar-refractivity contribution is 7.89. The molecule has 0 aromatic heterocycles. The Hall–Kier alpha value is -0.210. The van der Waals surface area contributed by atoms with Gasteiger partial charge in [0.25, 0.3) is 0 Å². The first-order chi connectivity index (χ1) is 10.1. The molecule has 2 unspecified atom stereocenters. The highest BCUT2D eigenvalue weighted by Crippen LogP contribution is 2.21. The molecule has 7 heteroatoms. The van der Waals surface area contributed by atoms with Crippen molar-refractivity contribution in [3.63, 3.8) is 0 Å². The molecule has 0 bridgehead atoms. The lowest BCUT2D eigenvalue weighted by Gasteiger charge is -2.32. The minimum absolute atomic E-state index is 0.145. The third-order valence-electron chi connectivity index (χ3n) is 4.91. The van der Waals surface area contributed by atoms with Crippen LogP contribution in [0, 0.1) is 0 Å². The Labute approximate surface area is 127 Å². The van der Waals surface area contributed by atoms with Gasteiger partial charge in [0.1, 0.15) is 0 Å². The van der Waals surface area contributed by atoms with Gasteiger partial charge in [0, 0.05) is 38.3 Å². The molecule has 1 N–H and O–H groups in total. The summed E-state index contributed by atoms with van der Waals surface area (Å²) in [6.07, 6.45) is 4.25. The molecule has 0 aromatic carbocycles. The zero-order chi connectivity index (χ0) is 14.7. The van der Waals surface area contributed by atoms with Crippen LogP contribution >= 0.6 is 0 Å². The molecule has 21 heavy (non-hydrogen) atoms. The zero-order valence-electron chi connectivity index (χ0n) is 12.7. The monoisotopic (exact) mass is 317 g/mol. The van der Waals surface area contributed by atoms with Gasteiger partial charge in [-0.05, 0) is 25.8 Å². The molecule has 0 aliphatic carbocycles. The van der Waals surface area contributed by atoms with Gasteiger partial charge in [-0.3, -0.25) is 4.90 Å². The number of rotatable bonds is 4. The van der Waals surface area contributed by atoms with Crippen molar-refractivity contribution in [1.82, 2.24) is 14.5 Å². The molecule has 6 nitrogen and oxygen atoms in total. The van der Waals surface area contributed by atoms with E-state index < -0.39 is 10.0 Å². The van der Waals surface area contributed by atoms with E-state index in [1.54, 1.807) is 4.31 Å². The molecular weight excluding hydrogens is 290 g/mol. The molecule has 0 aromatic rings. The van der Waals surface area contributed by atoms with Crippen LogP contribution in [0.5, 0.6) is 0 Å². The molecule has 3 rings (SSSR count). The van der Waals surface area contributed by atoms with Crippen molar-refractivity contribution in [1.29, 1.82) is 0 Å². The molecule has 2 atom stereocenters. The first-order valence-electron chi connectivity index (χ1n) is 8.18. The molecule has 122 valence electrons. The Morgan fingerprint density at radius 2 is 1.90 bits per heavy atom. The van der Waals surface area contributed by atoms with Crippen molar-refractivity contribution in [2.75, 3.05) is 51.7 Å². The van der Waals surface area contributed by atoms with Crippen LogP contribution in [0.1, 0.15) is 25.7 Å². The maximum atomic E-state index is 12.6. The maximum Gasteiger partial charge on any atom is 0.215 e. The molecular formula is C14H27N3O3S. The second kappa shape index (κ2) is 6.91. The van der Waals surface area contributed by atoms with Crippen LogP contribution in [0.4, 0.5) is 0 Å². The third-order valence-corrected chi connectivity index (χ3v) is 6.85. The summed E-state index contributed by atoms with van der Waals surface area (Å²) in [5, 5.41) is 3.34. The van der Waals surface area contributed by atoms with Gasteiger partial charge in [-0.1, -0.05) is 6.42 Å². The van der Waals surface area contributed by atoms with Crippen LogP contribution in [0.15, 0.2) is 0 Å². The van der Waals surface area contributed by atoms with Gasteiger partial charge in [0.15, 0.2) is 0 Å². The van der Waals surface area contributed by atoms with Crippen LogP contribution in [-0.4, -0.2) is 81.4 Å². The fourth-order valence-corrected chi connectivity index (χ4v) is 5.42. The van der Waals surface area contributed by atoms with Gasteiger partial charge in [0.05, 0.1) is 19.0 Å². The molecule has 3 aliphatic heterocycles. The Kier molecular flexibility index (Phi) is 5.16. The number of nitrogens with one attached hydrogen (secondary N) is 1. The number of ether oxygens (including phenoxy) is 1. The fourth-order valence-electron chi connectivity index (χ4n) is 3.63. The lowest BCUT2D eigenvalue weighted by molar-refractivity contribution is 0.0197. The summed E-state index contributed by atoms with van der Waals surface area (Å²) < 4.78 is 32.2. The van der Waals surface area contributed by atoms with Gasteiger partial charge in [-0.25, -0.2) is 12.7 Å². The van der Waals surface area contributed by atoms with Crippen molar-refractivity contribution < 1.29 is 13.2 Å². The molecule has 0 saturated carbocycles. The molecule has 3 aliphatic rings. The van der Waals surface area contributed by atoms with Crippen molar-refractivity contribution in [2.45, 2.75) is 37.8 Å². The van der Waals surface area contributed by atoms with E-state index in [2.05, 4.69) is 10.2 Å². The minimum Gasteiger partial charge on any atom is -0.379 e. The van der Waals surface area contributed by atoms with E-state index in [9.17, 15) is 8.42 Å². The largest absolute Gasteiger partial charge is 0.379 e. The van der Waals surface area contributed by atoms with Crippen LogP contribution in [0.2, 0.25) is 0 Å². The Bertz CT molecular complexity index is 431. The number of hydrogen-bond donors (Lipinski definition) is 1. The van der Waals surface area contributed by atoms with Gasteiger partial charge < -0.3 is 10.1 Å². The van der Waals surface area contributed by atoms with E-state index in [1.807, 2.05) is 0 Å². The summed E-state index contributed by atoms with van der Waals surface area (Å²) in [6.45, 7) is 5.71. The summed E-state index contributed by atoms with van der Waals surface area (Å²) in [5.41, 5.74) is 0. The molecule has 3 fully saturated rings. The normalized spacial score (nSPS) is 33.3. The predicted molar refractivity (Wildman–Crippen MR) is 81.8 cm³/mol. The molecule has 0 radical (unpaired) electrons. The lowest BCUT2D eigenvalue weighted by atomic mass is 10.1. The lowest BCUT2D eigenvalue weighted by Crippen LogP contribution is -2.46. The number of piperidine rings is 1. The topological polar surface area (TPSA) is 61.9 Å². The van der Waals surface area contributed by atoms with Crippen molar-refractivity contribution in [3.8, 4) is 0 Å².